The van der Waals surface area contributed by atoms with Crippen molar-refractivity contribution in [2.45, 2.75) is 18.2 Å². The second-order valence-corrected chi connectivity index (χ2v) is 5.84. The molecule has 0 aliphatic heterocycles. The van der Waals surface area contributed by atoms with E-state index in [2.05, 4.69) is 15.4 Å². The number of carbonyl (C=O) groups excluding carboxylic acids is 1. The van der Waals surface area contributed by atoms with Crippen molar-refractivity contribution in [3.05, 3.63) is 65.5 Å². The molecule has 1 aliphatic carbocycles. The zero-order valence-corrected chi connectivity index (χ0v) is 13.4. The molecule has 0 saturated carbocycles. The highest BCUT2D eigenvalue weighted by atomic mass is 35.5. The number of esters is 1. The number of H-pyrrole nitrogens is 1. The summed E-state index contributed by atoms with van der Waals surface area (Å²) in [5.41, 5.74) is 2.72. The van der Waals surface area contributed by atoms with Gasteiger partial charge in [-0.05, 0) is 24.5 Å². The minimum absolute atomic E-state index is 0.128. The number of halogens is 1. The van der Waals surface area contributed by atoms with Crippen LogP contribution < -0.4 is 0 Å². The SMILES string of the molecule is CCOC(=O)c1n[nH]nc1C1(Cl)C=CC(c2ccccc2)=CC1. The van der Waals surface area contributed by atoms with Crippen LogP contribution in [0.15, 0.2) is 48.6 Å². The average molecular weight is 330 g/mol. The Labute approximate surface area is 139 Å². The lowest BCUT2D eigenvalue weighted by Gasteiger charge is -2.24. The quantitative estimate of drug-likeness (QED) is 0.689. The molecular weight excluding hydrogens is 314 g/mol. The predicted octanol–water partition coefficient (Wildman–Crippen LogP) is 3.46. The fourth-order valence-electron chi connectivity index (χ4n) is 2.50. The lowest BCUT2D eigenvalue weighted by molar-refractivity contribution is 0.0517. The van der Waals surface area contributed by atoms with Gasteiger partial charge in [-0.2, -0.15) is 10.3 Å². The number of hydrogen-bond acceptors (Lipinski definition) is 4. The van der Waals surface area contributed by atoms with Crippen molar-refractivity contribution in [2.75, 3.05) is 6.61 Å². The molecule has 0 bridgehead atoms. The van der Waals surface area contributed by atoms with Crippen molar-refractivity contribution in [1.82, 2.24) is 15.4 Å². The lowest BCUT2D eigenvalue weighted by Crippen LogP contribution is -2.22. The first-order chi connectivity index (χ1) is 11.1. The van der Waals surface area contributed by atoms with Crippen molar-refractivity contribution in [3.8, 4) is 0 Å². The topological polar surface area (TPSA) is 67.9 Å². The van der Waals surface area contributed by atoms with Crippen molar-refractivity contribution in [3.63, 3.8) is 0 Å². The van der Waals surface area contributed by atoms with Gasteiger partial charge in [0, 0.05) is 0 Å². The number of alkyl halides is 1. The molecule has 1 N–H and O–H groups in total. The summed E-state index contributed by atoms with van der Waals surface area (Å²) < 4.78 is 4.99. The molecule has 23 heavy (non-hydrogen) atoms. The highest BCUT2D eigenvalue weighted by Crippen LogP contribution is 2.40. The molecule has 1 atom stereocenters. The Kier molecular flexibility index (Phi) is 4.30. The molecule has 118 valence electrons. The summed E-state index contributed by atoms with van der Waals surface area (Å²) in [6.07, 6.45) is 6.33. The van der Waals surface area contributed by atoms with Gasteiger partial charge in [0.1, 0.15) is 10.6 Å². The molecule has 1 aromatic carbocycles. The second-order valence-electron chi connectivity index (χ2n) is 5.17. The van der Waals surface area contributed by atoms with E-state index in [4.69, 9.17) is 16.3 Å². The molecule has 0 fully saturated rings. The third-order valence-electron chi connectivity index (χ3n) is 3.66. The van der Waals surface area contributed by atoms with Gasteiger partial charge in [0.15, 0.2) is 5.69 Å². The molecule has 1 heterocycles. The number of aromatic nitrogens is 3. The number of aromatic amines is 1. The fourth-order valence-corrected chi connectivity index (χ4v) is 2.77. The van der Waals surface area contributed by atoms with Gasteiger partial charge >= 0.3 is 5.97 Å². The van der Waals surface area contributed by atoms with Gasteiger partial charge in [-0.25, -0.2) is 4.79 Å². The van der Waals surface area contributed by atoms with E-state index in [1.807, 2.05) is 48.6 Å². The first kappa shape index (κ1) is 15.5. The van der Waals surface area contributed by atoms with E-state index in [0.29, 0.717) is 12.1 Å². The lowest BCUT2D eigenvalue weighted by atomic mass is 9.89. The van der Waals surface area contributed by atoms with Crippen LogP contribution in [0.2, 0.25) is 0 Å². The Morgan fingerprint density at radius 1 is 1.35 bits per heavy atom. The third-order valence-corrected chi connectivity index (χ3v) is 4.12. The van der Waals surface area contributed by atoms with E-state index in [1.54, 1.807) is 6.92 Å². The van der Waals surface area contributed by atoms with E-state index in [-0.39, 0.29) is 12.3 Å². The van der Waals surface area contributed by atoms with Crippen molar-refractivity contribution in [2.24, 2.45) is 0 Å². The van der Waals surface area contributed by atoms with Gasteiger partial charge in [0.2, 0.25) is 0 Å². The molecular formula is C17H16ClN3O2. The van der Waals surface area contributed by atoms with Gasteiger partial charge in [0.25, 0.3) is 0 Å². The van der Waals surface area contributed by atoms with Crippen LogP contribution in [0.5, 0.6) is 0 Å². The number of allylic oxidation sites excluding steroid dienone is 4. The number of nitrogens with zero attached hydrogens (tertiary/aromatic N) is 2. The van der Waals surface area contributed by atoms with E-state index in [1.165, 1.54) is 0 Å². The van der Waals surface area contributed by atoms with Crippen molar-refractivity contribution < 1.29 is 9.53 Å². The molecule has 3 rings (SSSR count). The third kappa shape index (κ3) is 3.05. The Hall–Kier alpha value is -2.40. The summed E-state index contributed by atoms with van der Waals surface area (Å²) in [5.74, 6) is -0.525. The summed E-state index contributed by atoms with van der Waals surface area (Å²) in [6.45, 7) is 2.01. The van der Waals surface area contributed by atoms with Gasteiger partial charge < -0.3 is 4.74 Å². The molecule has 5 nitrogen and oxygen atoms in total. The van der Waals surface area contributed by atoms with Gasteiger partial charge in [-0.15, -0.1) is 16.7 Å². The molecule has 1 unspecified atom stereocenters. The highest BCUT2D eigenvalue weighted by molar-refractivity contribution is 6.26. The summed E-state index contributed by atoms with van der Waals surface area (Å²) >= 11 is 6.68. The fraction of sp³-hybridized carbons (Fsp3) is 0.235. The van der Waals surface area contributed by atoms with Gasteiger partial charge in [-0.1, -0.05) is 48.6 Å². The maximum atomic E-state index is 12.0. The van der Waals surface area contributed by atoms with Crippen molar-refractivity contribution >= 4 is 23.1 Å². The number of carbonyl (C=O) groups is 1. The van der Waals surface area contributed by atoms with E-state index >= 15 is 0 Å². The second kappa shape index (κ2) is 6.38. The first-order valence-electron chi connectivity index (χ1n) is 7.36. The Morgan fingerprint density at radius 2 is 2.13 bits per heavy atom. The van der Waals surface area contributed by atoms with Crippen LogP contribution in [0.4, 0.5) is 0 Å². The Bertz CT molecular complexity index is 767. The van der Waals surface area contributed by atoms with Crippen LogP contribution in [-0.4, -0.2) is 28.0 Å². The number of benzene rings is 1. The first-order valence-corrected chi connectivity index (χ1v) is 7.74. The molecule has 0 radical (unpaired) electrons. The number of nitrogens with one attached hydrogen (secondary N) is 1. The standard InChI is InChI=1S/C17H16ClN3O2/c1-2-23-16(22)14-15(20-21-19-14)17(18)10-8-13(9-11-17)12-6-4-3-5-7-12/h3-10H,2,11H2,1H3,(H,19,20,21). The molecule has 1 aliphatic rings. The van der Waals surface area contributed by atoms with Crippen LogP contribution in [0.3, 0.4) is 0 Å². The minimum atomic E-state index is -0.909. The van der Waals surface area contributed by atoms with E-state index in [0.717, 1.165) is 11.1 Å². The maximum absolute atomic E-state index is 12.0. The number of hydrogen-bond donors (Lipinski definition) is 1. The zero-order valence-electron chi connectivity index (χ0n) is 12.6. The number of ether oxygens (including phenoxy) is 1. The van der Waals surface area contributed by atoms with Crippen LogP contribution in [0, 0.1) is 0 Å². The summed E-state index contributed by atoms with van der Waals surface area (Å²) in [7, 11) is 0. The Balaban J connectivity index is 1.86. The molecule has 0 saturated heterocycles. The molecule has 0 amide bonds. The van der Waals surface area contributed by atoms with Crippen molar-refractivity contribution in [1.29, 1.82) is 0 Å². The van der Waals surface area contributed by atoms with Crippen LogP contribution in [0.1, 0.15) is 35.1 Å². The largest absolute Gasteiger partial charge is 0.461 e. The molecule has 6 heteroatoms. The van der Waals surface area contributed by atoms with Crippen LogP contribution >= 0.6 is 11.6 Å². The van der Waals surface area contributed by atoms with Crippen LogP contribution in [0.25, 0.3) is 5.57 Å². The Morgan fingerprint density at radius 3 is 2.78 bits per heavy atom. The predicted molar refractivity (Wildman–Crippen MR) is 88.0 cm³/mol. The molecule has 0 spiro atoms. The van der Waals surface area contributed by atoms with E-state index < -0.39 is 10.8 Å². The summed E-state index contributed by atoms with van der Waals surface area (Å²) in [5, 5.41) is 10.4. The minimum Gasteiger partial charge on any atom is -0.461 e. The van der Waals surface area contributed by atoms with Gasteiger partial charge in [-0.3, -0.25) is 0 Å². The normalized spacial score (nSPS) is 20.2. The number of rotatable bonds is 4. The smallest absolute Gasteiger partial charge is 0.360 e. The highest BCUT2D eigenvalue weighted by Gasteiger charge is 2.36. The monoisotopic (exact) mass is 329 g/mol. The van der Waals surface area contributed by atoms with Gasteiger partial charge in [0.05, 0.1) is 6.61 Å². The average Bonchev–Trinajstić information content (AvgIpc) is 3.07. The van der Waals surface area contributed by atoms with Crippen LogP contribution in [-0.2, 0) is 9.61 Å². The summed E-state index contributed by atoms with van der Waals surface area (Å²) in [4.78, 5) is 11.0. The maximum Gasteiger partial charge on any atom is 0.360 e. The summed E-state index contributed by atoms with van der Waals surface area (Å²) in [6, 6.07) is 10.0. The molecule has 1 aromatic heterocycles. The van der Waals surface area contributed by atoms with E-state index in [9.17, 15) is 4.79 Å². The molecule has 2 aromatic rings. The zero-order chi connectivity index (χ0) is 16.3.